The molecule has 1 aliphatic carbocycles. The largest absolute Gasteiger partial charge is 0.416 e. The van der Waals surface area contributed by atoms with Gasteiger partial charge >= 0.3 is 5.97 Å². The average molecular weight is 334 g/mol. The highest BCUT2D eigenvalue weighted by Gasteiger charge is 2.60. The van der Waals surface area contributed by atoms with Crippen LogP contribution in [-0.4, -0.2) is 29.4 Å². The molecule has 24 heavy (non-hydrogen) atoms. The number of carbonyl (C=O) groups excluding carboxylic acids is 3. The van der Waals surface area contributed by atoms with Crippen LogP contribution in [0.3, 0.4) is 0 Å². The van der Waals surface area contributed by atoms with Crippen LogP contribution in [0, 0.1) is 17.3 Å². The van der Waals surface area contributed by atoms with Crippen LogP contribution >= 0.6 is 0 Å². The Balaban J connectivity index is 2.21. The first kappa shape index (κ1) is 18.6. The summed E-state index contributed by atoms with van der Waals surface area (Å²) in [5.41, 5.74) is -1.57. The monoisotopic (exact) mass is 334 g/mol. The normalized spacial score (nSPS) is 33.8. The first-order valence-electron chi connectivity index (χ1n) is 8.48. The van der Waals surface area contributed by atoms with Crippen molar-refractivity contribution in [3.05, 3.63) is 18.4 Å². The smallest absolute Gasteiger partial charge is 0.353 e. The molecule has 2 atom stereocenters. The van der Waals surface area contributed by atoms with Gasteiger partial charge in [-0.15, -0.1) is 0 Å². The van der Waals surface area contributed by atoms with Crippen LogP contribution < -0.4 is 0 Å². The number of rotatable bonds is 4. The molecule has 1 saturated heterocycles. The molecule has 1 saturated carbocycles. The minimum absolute atomic E-state index is 0.182. The molecule has 2 aliphatic rings. The van der Waals surface area contributed by atoms with Gasteiger partial charge < -0.3 is 9.47 Å². The van der Waals surface area contributed by atoms with Crippen LogP contribution in [0.15, 0.2) is 18.4 Å². The third-order valence-electron chi connectivity index (χ3n) is 5.41. The maximum Gasteiger partial charge on any atom is 0.353 e. The van der Waals surface area contributed by atoms with Crippen molar-refractivity contribution in [2.24, 2.45) is 17.3 Å². The van der Waals surface area contributed by atoms with Crippen molar-refractivity contribution in [2.75, 3.05) is 0 Å². The number of hydrogen-bond acceptors (Lipinski definition) is 5. The molecule has 0 aromatic rings. The van der Waals surface area contributed by atoms with Gasteiger partial charge in [-0.2, -0.15) is 0 Å². The lowest BCUT2D eigenvalue weighted by molar-refractivity contribution is -0.176. The van der Waals surface area contributed by atoms with E-state index in [-0.39, 0.29) is 17.3 Å². The number of ketones is 1. The summed E-state index contributed by atoms with van der Waals surface area (Å²) in [4.78, 5) is 35.8. The first-order valence-corrected chi connectivity index (χ1v) is 8.48. The van der Waals surface area contributed by atoms with Crippen molar-refractivity contribution in [1.29, 1.82) is 0 Å². The summed E-state index contributed by atoms with van der Waals surface area (Å²) in [7, 11) is 0. The Bertz CT molecular complexity index is 585. The average Bonchev–Trinajstić information content (AvgIpc) is 2.78. The fraction of sp³-hybridized carbons (Fsp3) is 0.684. The van der Waals surface area contributed by atoms with Crippen molar-refractivity contribution >= 4 is 17.7 Å². The number of cyclic esters (lactones) is 1. The summed E-state index contributed by atoms with van der Waals surface area (Å²) in [5.74, 6) is -0.199. The van der Waals surface area contributed by atoms with E-state index in [1.807, 2.05) is 0 Å². The van der Waals surface area contributed by atoms with Crippen LogP contribution in [0.4, 0.5) is 0 Å². The van der Waals surface area contributed by atoms with Crippen molar-refractivity contribution < 1.29 is 23.9 Å². The minimum atomic E-state index is -1.80. The molecule has 1 heterocycles. The predicted molar refractivity (Wildman–Crippen MR) is 88.7 cm³/mol. The standard InChI is InChI=1S/C19H26O5/c1-6-16(21)19(12(2)15(11-20)23-17(19)22)24-14-9-7-13(8-10-14)18(3,4)5/h6,12-14H,1,7-10H2,2-5H3. The van der Waals surface area contributed by atoms with E-state index < -0.39 is 23.3 Å². The Kier molecular flexibility index (Phi) is 5.17. The Morgan fingerprint density at radius 1 is 1.33 bits per heavy atom. The Hall–Kier alpha value is -1.71. The highest BCUT2D eigenvalue weighted by molar-refractivity contribution is 6.14. The van der Waals surface area contributed by atoms with E-state index in [4.69, 9.17) is 9.47 Å². The van der Waals surface area contributed by atoms with Gasteiger partial charge in [-0.25, -0.2) is 9.59 Å². The number of carbonyl (C=O) groups is 2. The van der Waals surface area contributed by atoms with Crippen LogP contribution in [0.5, 0.6) is 0 Å². The third-order valence-corrected chi connectivity index (χ3v) is 5.41. The fourth-order valence-corrected chi connectivity index (χ4v) is 3.72. The molecule has 0 radical (unpaired) electrons. The molecule has 0 bridgehead atoms. The second-order valence-corrected chi connectivity index (χ2v) is 7.84. The topological polar surface area (TPSA) is 69.7 Å². The number of ether oxygens (including phenoxy) is 2. The maximum absolute atomic E-state index is 12.4. The molecule has 0 aromatic heterocycles. The first-order chi connectivity index (χ1) is 11.2. The molecule has 2 rings (SSSR count). The highest BCUT2D eigenvalue weighted by Crippen LogP contribution is 2.43. The highest BCUT2D eigenvalue weighted by atomic mass is 16.6. The molecule has 132 valence electrons. The Morgan fingerprint density at radius 3 is 2.33 bits per heavy atom. The predicted octanol–water partition coefficient (Wildman–Crippen LogP) is 3.01. The number of hydrogen-bond donors (Lipinski definition) is 0. The van der Waals surface area contributed by atoms with Gasteiger partial charge in [-0.3, -0.25) is 4.79 Å². The Labute approximate surface area is 143 Å². The van der Waals surface area contributed by atoms with E-state index in [0.29, 0.717) is 5.92 Å². The van der Waals surface area contributed by atoms with E-state index in [2.05, 4.69) is 27.4 Å². The van der Waals surface area contributed by atoms with Crippen LogP contribution in [-0.2, 0) is 23.9 Å². The quantitative estimate of drug-likeness (QED) is 0.342. The second-order valence-electron chi connectivity index (χ2n) is 7.84. The third kappa shape index (κ3) is 3.11. The lowest BCUT2D eigenvalue weighted by Crippen LogP contribution is -2.52. The number of esters is 1. The molecular weight excluding hydrogens is 308 g/mol. The van der Waals surface area contributed by atoms with Crippen molar-refractivity contribution in [2.45, 2.75) is 65.1 Å². The van der Waals surface area contributed by atoms with E-state index >= 15 is 0 Å². The summed E-state index contributed by atoms with van der Waals surface area (Å²) in [6.45, 7) is 11.7. The van der Waals surface area contributed by atoms with E-state index in [1.54, 1.807) is 12.9 Å². The fourth-order valence-electron chi connectivity index (χ4n) is 3.72. The van der Waals surface area contributed by atoms with Crippen LogP contribution in [0.25, 0.3) is 0 Å². The lowest BCUT2D eigenvalue weighted by Gasteiger charge is -2.39. The lowest BCUT2D eigenvalue weighted by atomic mass is 9.71. The molecule has 5 heteroatoms. The molecule has 5 nitrogen and oxygen atoms in total. The summed E-state index contributed by atoms with van der Waals surface area (Å²) >= 11 is 0. The molecule has 0 spiro atoms. The molecule has 0 aromatic carbocycles. The molecule has 0 amide bonds. The molecule has 1 aliphatic heterocycles. The van der Waals surface area contributed by atoms with Crippen LogP contribution in [0.2, 0.25) is 0 Å². The van der Waals surface area contributed by atoms with Crippen molar-refractivity contribution in [3.8, 4) is 0 Å². The van der Waals surface area contributed by atoms with E-state index in [1.165, 1.54) is 0 Å². The van der Waals surface area contributed by atoms with Gasteiger partial charge in [-0.1, -0.05) is 34.3 Å². The van der Waals surface area contributed by atoms with Gasteiger partial charge in [0, 0.05) is 0 Å². The zero-order valence-electron chi connectivity index (χ0n) is 14.9. The van der Waals surface area contributed by atoms with Crippen molar-refractivity contribution in [3.63, 3.8) is 0 Å². The molecule has 0 N–H and O–H groups in total. The molecular formula is C19H26O5. The zero-order valence-corrected chi connectivity index (χ0v) is 14.9. The minimum Gasteiger partial charge on any atom is -0.416 e. The molecule has 2 fully saturated rings. The van der Waals surface area contributed by atoms with Crippen LogP contribution in [0.1, 0.15) is 53.4 Å². The van der Waals surface area contributed by atoms with Gasteiger partial charge in [0.05, 0.1) is 12.0 Å². The van der Waals surface area contributed by atoms with Gasteiger partial charge in [0.2, 0.25) is 5.60 Å². The second kappa shape index (κ2) is 6.66. The maximum atomic E-state index is 12.4. The van der Waals surface area contributed by atoms with Gasteiger partial charge in [0.1, 0.15) is 0 Å². The van der Waals surface area contributed by atoms with E-state index in [0.717, 1.165) is 31.8 Å². The summed E-state index contributed by atoms with van der Waals surface area (Å²) in [5, 5.41) is 0. The van der Waals surface area contributed by atoms with Gasteiger partial charge in [-0.05, 0) is 43.1 Å². The summed E-state index contributed by atoms with van der Waals surface area (Å²) in [6.07, 6.45) is 4.35. The molecule has 2 unspecified atom stereocenters. The van der Waals surface area contributed by atoms with Gasteiger partial charge in [0.15, 0.2) is 17.5 Å². The summed E-state index contributed by atoms with van der Waals surface area (Å²) < 4.78 is 11.0. The SMILES string of the molecule is C=CC(=O)C1(OC2CCC(C(C)(C)C)CC2)C(=O)OC(=C=O)C1C. The Morgan fingerprint density at radius 2 is 1.92 bits per heavy atom. The van der Waals surface area contributed by atoms with Gasteiger partial charge in [0.25, 0.3) is 0 Å². The zero-order chi connectivity index (χ0) is 18.1. The summed E-state index contributed by atoms with van der Waals surface area (Å²) in [6, 6.07) is 0. The van der Waals surface area contributed by atoms with E-state index in [9.17, 15) is 14.4 Å². The van der Waals surface area contributed by atoms with Crippen molar-refractivity contribution in [1.82, 2.24) is 0 Å².